The van der Waals surface area contributed by atoms with Gasteiger partial charge < -0.3 is 10.8 Å². The summed E-state index contributed by atoms with van der Waals surface area (Å²) in [5.74, 6) is -0.181. The lowest BCUT2D eigenvalue weighted by molar-refractivity contribution is 0.457. The lowest BCUT2D eigenvalue weighted by Gasteiger charge is -2.14. The van der Waals surface area contributed by atoms with Gasteiger partial charge in [-0.2, -0.15) is 0 Å². The largest absolute Gasteiger partial charge is 0.507 e. The second-order valence-corrected chi connectivity index (χ2v) is 6.42. The zero-order chi connectivity index (χ0) is 12.0. The number of hydrogen-bond acceptors (Lipinski definition) is 4. The lowest BCUT2D eigenvalue weighted by atomic mass is 9.96. The number of hydrogen-bond donors (Lipinski definition) is 2. The molecule has 0 bridgehead atoms. The molecule has 1 saturated carbocycles. The quantitative estimate of drug-likeness (QED) is 0.819. The first-order valence-electron chi connectivity index (χ1n) is 5.13. The summed E-state index contributed by atoms with van der Waals surface area (Å²) in [4.78, 5) is -0.0240. The summed E-state index contributed by atoms with van der Waals surface area (Å²) >= 11 is 0. The molecule has 0 aliphatic heterocycles. The molecule has 0 aromatic heterocycles. The number of sulfone groups is 1. The molecular weight excluding hydrogens is 226 g/mol. The van der Waals surface area contributed by atoms with E-state index in [2.05, 4.69) is 0 Å². The van der Waals surface area contributed by atoms with Gasteiger partial charge in [-0.15, -0.1) is 0 Å². The predicted octanol–water partition coefficient (Wildman–Crippen LogP) is 0.786. The molecule has 0 saturated heterocycles. The molecule has 1 aromatic rings. The smallest absolute Gasteiger partial charge is 0.179 e. The standard InChI is InChI=1S/C11H15NO3S/c1-16(14,15)10-3-2-8(6-9(10)13)11(7-12)4-5-11/h2-3,6,13H,4-5,7,12H2,1H3. The monoisotopic (exact) mass is 241 g/mol. The first-order chi connectivity index (χ1) is 7.39. The Morgan fingerprint density at radius 1 is 1.44 bits per heavy atom. The Kier molecular flexibility index (Phi) is 2.47. The molecule has 4 nitrogen and oxygen atoms in total. The summed E-state index contributed by atoms with van der Waals surface area (Å²) in [6, 6.07) is 4.72. The minimum atomic E-state index is -3.36. The normalized spacial score (nSPS) is 18.4. The average Bonchev–Trinajstić information content (AvgIpc) is 2.96. The number of nitrogens with two attached hydrogens (primary N) is 1. The van der Waals surface area contributed by atoms with E-state index in [4.69, 9.17) is 5.73 Å². The summed E-state index contributed by atoms with van der Waals surface area (Å²) in [5.41, 5.74) is 6.57. The van der Waals surface area contributed by atoms with Crippen molar-refractivity contribution in [3.8, 4) is 5.75 Å². The van der Waals surface area contributed by atoms with E-state index in [1.807, 2.05) is 0 Å². The van der Waals surface area contributed by atoms with Crippen molar-refractivity contribution >= 4 is 9.84 Å². The summed E-state index contributed by atoms with van der Waals surface area (Å²) in [7, 11) is -3.36. The van der Waals surface area contributed by atoms with Gasteiger partial charge in [0.05, 0.1) is 0 Å². The molecule has 0 atom stereocenters. The highest BCUT2D eigenvalue weighted by atomic mass is 32.2. The van der Waals surface area contributed by atoms with Gasteiger partial charge in [0, 0.05) is 18.2 Å². The highest BCUT2D eigenvalue weighted by molar-refractivity contribution is 7.90. The maximum Gasteiger partial charge on any atom is 0.179 e. The summed E-state index contributed by atoms with van der Waals surface area (Å²) in [5, 5.41) is 9.69. The van der Waals surface area contributed by atoms with Crippen LogP contribution in [0.25, 0.3) is 0 Å². The second-order valence-electron chi connectivity index (χ2n) is 4.44. The topological polar surface area (TPSA) is 80.4 Å². The van der Waals surface area contributed by atoms with E-state index in [0.29, 0.717) is 6.54 Å². The van der Waals surface area contributed by atoms with Crippen LogP contribution in [0.2, 0.25) is 0 Å². The summed E-state index contributed by atoms with van der Waals surface area (Å²) < 4.78 is 22.6. The van der Waals surface area contributed by atoms with Gasteiger partial charge in [0.1, 0.15) is 10.6 Å². The maximum absolute atomic E-state index is 11.3. The predicted molar refractivity (Wildman–Crippen MR) is 61.2 cm³/mol. The Bertz CT molecular complexity index is 518. The molecule has 1 aliphatic carbocycles. The molecule has 5 heteroatoms. The van der Waals surface area contributed by atoms with E-state index in [9.17, 15) is 13.5 Å². The van der Waals surface area contributed by atoms with E-state index in [1.165, 1.54) is 12.1 Å². The fourth-order valence-electron chi connectivity index (χ4n) is 1.92. The van der Waals surface area contributed by atoms with Crippen LogP contribution in [-0.2, 0) is 15.3 Å². The maximum atomic E-state index is 11.3. The second kappa shape index (κ2) is 3.46. The third-order valence-electron chi connectivity index (χ3n) is 3.22. The van der Waals surface area contributed by atoms with Gasteiger partial charge in [-0.05, 0) is 30.5 Å². The van der Waals surface area contributed by atoms with Gasteiger partial charge in [-0.3, -0.25) is 0 Å². The molecular formula is C11H15NO3S. The SMILES string of the molecule is CS(=O)(=O)c1ccc(C2(CN)CC2)cc1O. The van der Waals surface area contributed by atoms with Gasteiger partial charge in [-0.1, -0.05) is 6.07 Å². The Morgan fingerprint density at radius 2 is 2.06 bits per heavy atom. The Balaban J connectivity index is 2.45. The molecule has 0 unspecified atom stereocenters. The van der Waals surface area contributed by atoms with Crippen molar-refractivity contribution in [1.82, 2.24) is 0 Å². The van der Waals surface area contributed by atoms with Gasteiger partial charge in [0.25, 0.3) is 0 Å². The van der Waals surface area contributed by atoms with Gasteiger partial charge in [-0.25, -0.2) is 8.42 Å². The van der Waals surface area contributed by atoms with Crippen LogP contribution < -0.4 is 5.73 Å². The summed E-state index contributed by atoms with van der Waals surface area (Å²) in [6.45, 7) is 0.532. The van der Waals surface area contributed by atoms with Crippen LogP contribution in [0, 0.1) is 0 Å². The fraction of sp³-hybridized carbons (Fsp3) is 0.455. The zero-order valence-corrected chi connectivity index (χ0v) is 9.92. The van der Waals surface area contributed by atoms with Crippen molar-refractivity contribution < 1.29 is 13.5 Å². The van der Waals surface area contributed by atoms with Crippen LogP contribution in [-0.4, -0.2) is 26.3 Å². The van der Waals surface area contributed by atoms with Crippen LogP contribution in [0.3, 0.4) is 0 Å². The first-order valence-corrected chi connectivity index (χ1v) is 7.02. The number of benzene rings is 1. The summed E-state index contributed by atoms with van der Waals surface area (Å²) in [6.07, 6.45) is 3.08. The molecule has 0 amide bonds. The van der Waals surface area contributed by atoms with Crippen LogP contribution in [0.5, 0.6) is 5.75 Å². The molecule has 3 N–H and O–H groups in total. The zero-order valence-electron chi connectivity index (χ0n) is 9.10. The third-order valence-corrected chi connectivity index (χ3v) is 4.36. The number of phenolic OH excluding ortho intramolecular Hbond substituents is 1. The highest BCUT2D eigenvalue weighted by Crippen LogP contribution is 2.48. The Hall–Kier alpha value is -1.07. The molecule has 1 aromatic carbocycles. The molecule has 0 radical (unpaired) electrons. The van der Waals surface area contributed by atoms with E-state index in [1.54, 1.807) is 6.07 Å². The first kappa shape index (κ1) is 11.4. The molecule has 16 heavy (non-hydrogen) atoms. The Labute approximate surface area is 95.0 Å². The van der Waals surface area contributed by atoms with Crippen LogP contribution in [0.15, 0.2) is 23.1 Å². The minimum absolute atomic E-state index is 0.0240. The molecule has 1 aliphatic rings. The molecule has 2 rings (SSSR count). The number of rotatable bonds is 3. The Morgan fingerprint density at radius 3 is 2.44 bits per heavy atom. The van der Waals surface area contributed by atoms with Crippen LogP contribution in [0.1, 0.15) is 18.4 Å². The highest BCUT2D eigenvalue weighted by Gasteiger charge is 2.43. The average molecular weight is 241 g/mol. The fourth-order valence-corrected chi connectivity index (χ4v) is 2.68. The van der Waals surface area contributed by atoms with Crippen LogP contribution in [0.4, 0.5) is 0 Å². The van der Waals surface area contributed by atoms with E-state index >= 15 is 0 Å². The minimum Gasteiger partial charge on any atom is -0.507 e. The molecule has 88 valence electrons. The van der Waals surface area contributed by atoms with E-state index in [0.717, 1.165) is 24.7 Å². The van der Waals surface area contributed by atoms with Gasteiger partial charge in [0.2, 0.25) is 0 Å². The molecule has 0 spiro atoms. The van der Waals surface area contributed by atoms with Crippen molar-refractivity contribution in [2.75, 3.05) is 12.8 Å². The molecule has 1 fully saturated rings. The van der Waals surface area contributed by atoms with Crippen molar-refractivity contribution in [3.05, 3.63) is 23.8 Å². The lowest BCUT2D eigenvalue weighted by Crippen LogP contribution is -2.19. The number of aromatic hydroxyl groups is 1. The van der Waals surface area contributed by atoms with E-state index < -0.39 is 9.84 Å². The van der Waals surface area contributed by atoms with Gasteiger partial charge >= 0.3 is 0 Å². The van der Waals surface area contributed by atoms with Crippen LogP contribution >= 0.6 is 0 Å². The molecule has 0 heterocycles. The van der Waals surface area contributed by atoms with Crippen molar-refractivity contribution in [1.29, 1.82) is 0 Å². The van der Waals surface area contributed by atoms with Crippen molar-refractivity contribution in [2.45, 2.75) is 23.2 Å². The number of phenols is 1. The third kappa shape index (κ3) is 1.81. The van der Waals surface area contributed by atoms with E-state index in [-0.39, 0.29) is 16.1 Å². The van der Waals surface area contributed by atoms with Gasteiger partial charge in [0.15, 0.2) is 9.84 Å². The van der Waals surface area contributed by atoms with Crippen molar-refractivity contribution in [3.63, 3.8) is 0 Å². The van der Waals surface area contributed by atoms with Crippen molar-refractivity contribution in [2.24, 2.45) is 5.73 Å².